The molecule has 0 saturated heterocycles. The van der Waals surface area contributed by atoms with Gasteiger partial charge in [0.15, 0.2) is 0 Å². The fourth-order valence-electron chi connectivity index (χ4n) is 3.06. The summed E-state index contributed by atoms with van der Waals surface area (Å²) in [6, 6.07) is 6.12. The second-order valence-electron chi connectivity index (χ2n) is 6.64. The first kappa shape index (κ1) is 20.1. The highest BCUT2D eigenvalue weighted by Crippen LogP contribution is 2.20. The molecule has 0 unspecified atom stereocenters. The molecule has 2 aromatic rings. The zero-order chi connectivity index (χ0) is 20.1. The van der Waals surface area contributed by atoms with Crippen molar-refractivity contribution in [2.24, 2.45) is 4.99 Å². The molecule has 0 fully saturated rings. The molecular weight excluding hydrogens is 380 g/mol. The topological polar surface area (TPSA) is 114 Å². The number of carbonyl (C=O) groups excluding carboxylic acids is 1. The number of rotatable bonds is 5. The molecule has 0 atom stereocenters. The van der Waals surface area contributed by atoms with Crippen LogP contribution in [0.4, 0.5) is 5.69 Å². The molecule has 0 spiro atoms. The molecular formula is C19H24N4O4S. The molecule has 1 aromatic carbocycles. The van der Waals surface area contributed by atoms with Gasteiger partial charge in [-0.2, -0.15) is 0 Å². The lowest BCUT2D eigenvalue weighted by molar-refractivity contribution is 0.102. The summed E-state index contributed by atoms with van der Waals surface area (Å²) in [5, 5.41) is 6.60. The normalized spacial score (nSPS) is 14.9. The molecule has 8 nitrogen and oxygen atoms in total. The van der Waals surface area contributed by atoms with Gasteiger partial charge in [-0.15, -0.1) is 0 Å². The Hall–Kier alpha value is -2.68. The predicted octanol–water partition coefficient (Wildman–Crippen LogP) is 3.05. The molecule has 0 bridgehead atoms. The number of anilines is 1. The minimum atomic E-state index is -3.77. The minimum Gasteiger partial charge on any atom is -0.361 e. The van der Waals surface area contributed by atoms with Crippen molar-refractivity contribution in [2.45, 2.75) is 50.8 Å². The van der Waals surface area contributed by atoms with Gasteiger partial charge in [0.05, 0.1) is 10.6 Å². The van der Waals surface area contributed by atoms with Crippen LogP contribution in [-0.2, 0) is 16.4 Å². The highest BCUT2D eigenvalue weighted by Gasteiger charge is 2.21. The lowest BCUT2D eigenvalue weighted by Gasteiger charge is -2.11. The van der Waals surface area contributed by atoms with Gasteiger partial charge in [0, 0.05) is 18.7 Å². The van der Waals surface area contributed by atoms with E-state index in [1.165, 1.54) is 12.1 Å². The maximum absolute atomic E-state index is 12.7. The van der Waals surface area contributed by atoms with Gasteiger partial charge in [-0.3, -0.25) is 14.5 Å². The number of aliphatic imine (C=N–C) groups is 1. The first-order valence-electron chi connectivity index (χ1n) is 9.33. The van der Waals surface area contributed by atoms with E-state index in [2.05, 4.69) is 20.2 Å². The summed E-state index contributed by atoms with van der Waals surface area (Å²) in [6.07, 6.45) is 4.09. The molecule has 0 aliphatic carbocycles. The zero-order valence-corrected chi connectivity index (χ0v) is 16.8. The van der Waals surface area contributed by atoms with Gasteiger partial charge in [-0.25, -0.2) is 8.42 Å². The first-order valence-corrected chi connectivity index (χ1v) is 10.8. The summed E-state index contributed by atoms with van der Waals surface area (Å²) < 4.78 is 33.1. The second-order valence-corrected chi connectivity index (χ2v) is 8.32. The Morgan fingerprint density at radius 3 is 2.86 bits per heavy atom. The molecule has 9 heteroatoms. The van der Waals surface area contributed by atoms with Crippen molar-refractivity contribution in [1.82, 2.24) is 9.88 Å². The third-order valence-corrected chi connectivity index (χ3v) is 5.90. The molecule has 150 valence electrons. The lowest BCUT2D eigenvalue weighted by Crippen LogP contribution is -2.30. The number of hydrogen-bond donors (Lipinski definition) is 2. The average molecular weight is 404 g/mol. The number of benzene rings is 1. The van der Waals surface area contributed by atoms with Crippen LogP contribution < -0.4 is 10.0 Å². The van der Waals surface area contributed by atoms with Crippen molar-refractivity contribution in [1.29, 1.82) is 0 Å². The molecule has 0 saturated carbocycles. The van der Waals surface area contributed by atoms with Gasteiger partial charge in [0.1, 0.15) is 17.2 Å². The number of nitrogens with one attached hydrogen (secondary N) is 2. The summed E-state index contributed by atoms with van der Waals surface area (Å²) in [4.78, 5) is 17.0. The van der Waals surface area contributed by atoms with E-state index in [9.17, 15) is 13.2 Å². The molecule has 0 radical (unpaired) electrons. The Balaban J connectivity index is 1.79. The van der Waals surface area contributed by atoms with E-state index in [1.54, 1.807) is 19.1 Å². The van der Waals surface area contributed by atoms with E-state index in [-0.39, 0.29) is 10.8 Å². The molecule has 28 heavy (non-hydrogen) atoms. The summed E-state index contributed by atoms with van der Waals surface area (Å²) >= 11 is 0. The van der Waals surface area contributed by atoms with Gasteiger partial charge in [-0.1, -0.05) is 24.6 Å². The third-order valence-electron chi connectivity index (χ3n) is 4.52. The van der Waals surface area contributed by atoms with Gasteiger partial charge in [-0.05, 0) is 44.4 Å². The highest BCUT2D eigenvalue weighted by atomic mass is 32.2. The fraction of sp³-hybridized carbons (Fsp3) is 0.421. The van der Waals surface area contributed by atoms with Crippen LogP contribution >= 0.6 is 0 Å². The average Bonchev–Trinajstić information content (AvgIpc) is 2.86. The number of hydrogen-bond acceptors (Lipinski definition) is 6. The Morgan fingerprint density at radius 1 is 1.25 bits per heavy atom. The number of aromatic nitrogens is 1. The quantitative estimate of drug-likeness (QED) is 0.795. The van der Waals surface area contributed by atoms with E-state index >= 15 is 0 Å². The van der Waals surface area contributed by atoms with Gasteiger partial charge >= 0.3 is 0 Å². The second kappa shape index (κ2) is 8.55. The minimum absolute atomic E-state index is 0.0648. The highest BCUT2D eigenvalue weighted by molar-refractivity contribution is 7.90. The lowest BCUT2D eigenvalue weighted by atomic mass is 10.1. The van der Waals surface area contributed by atoms with Crippen LogP contribution in [0.2, 0.25) is 0 Å². The van der Waals surface area contributed by atoms with E-state index in [4.69, 9.17) is 4.52 Å². The Labute approximate surface area is 164 Å². The van der Waals surface area contributed by atoms with Gasteiger partial charge in [0.25, 0.3) is 15.9 Å². The fourth-order valence-corrected chi connectivity index (χ4v) is 4.19. The molecule has 1 aliphatic heterocycles. The van der Waals surface area contributed by atoms with E-state index in [0.717, 1.165) is 19.3 Å². The smallest absolute Gasteiger partial charge is 0.262 e. The number of nitrogens with zero attached hydrogens (tertiary/aromatic N) is 2. The number of amides is 1. The number of carbonyl (C=O) groups is 1. The molecule has 2 N–H and O–H groups in total. The Kier molecular flexibility index (Phi) is 6.13. The van der Waals surface area contributed by atoms with Crippen LogP contribution in [0.15, 0.2) is 38.7 Å². The molecule has 2 heterocycles. The van der Waals surface area contributed by atoms with Crippen molar-refractivity contribution >= 4 is 27.5 Å². The van der Waals surface area contributed by atoms with E-state index in [0.29, 0.717) is 47.9 Å². The Morgan fingerprint density at radius 2 is 2.07 bits per heavy atom. The monoisotopic (exact) mass is 404 g/mol. The summed E-state index contributed by atoms with van der Waals surface area (Å²) in [5.41, 5.74) is 1.31. The molecule has 1 aliphatic rings. The van der Waals surface area contributed by atoms with E-state index in [1.807, 2.05) is 6.92 Å². The van der Waals surface area contributed by atoms with Crippen molar-refractivity contribution in [3.05, 3.63) is 41.3 Å². The van der Waals surface area contributed by atoms with Crippen LogP contribution in [0.1, 0.15) is 54.4 Å². The molecule has 1 aromatic heterocycles. The van der Waals surface area contributed by atoms with Crippen LogP contribution in [-0.4, -0.2) is 31.9 Å². The predicted molar refractivity (Wildman–Crippen MR) is 106 cm³/mol. The van der Waals surface area contributed by atoms with Crippen LogP contribution in [0, 0.1) is 6.92 Å². The largest absolute Gasteiger partial charge is 0.361 e. The zero-order valence-electron chi connectivity index (χ0n) is 16.0. The third kappa shape index (κ3) is 4.59. The summed E-state index contributed by atoms with van der Waals surface area (Å²) in [6.45, 7) is 4.17. The van der Waals surface area contributed by atoms with Crippen LogP contribution in [0.3, 0.4) is 0 Å². The Bertz CT molecular complexity index is 995. The maximum atomic E-state index is 12.7. The summed E-state index contributed by atoms with van der Waals surface area (Å²) in [5.74, 6) is 0.525. The maximum Gasteiger partial charge on any atom is 0.262 e. The SMILES string of the molecule is CCc1noc(C)c1C(=O)Nc1cccc(S(=O)(=O)NC2=NCCCCC2)c1. The van der Waals surface area contributed by atoms with Crippen LogP contribution in [0.25, 0.3) is 0 Å². The van der Waals surface area contributed by atoms with Gasteiger partial charge < -0.3 is 9.84 Å². The van der Waals surface area contributed by atoms with Crippen molar-refractivity contribution in [3.8, 4) is 0 Å². The molecule has 1 amide bonds. The van der Waals surface area contributed by atoms with Gasteiger partial charge in [0.2, 0.25) is 0 Å². The van der Waals surface area contributed by atoms with Crippen molar-refractivity contribution < 1.29 is 17.7 Å². The molecule has 3 rings (SSSR count). The van der Waals surface area contributed by atoms with Crippen LogP contribution in [0.5, 0.6) is 0 Å². The van der Waals surface area contributed by atoms with Crippen molar-refractivity contribution in [2.75, 3.05) is 11.9 Å². The number of amidine groups is 1. The number of aryl methyl sites for hydroxylation is 2. The number of sulfonamides is 1. The van der Waals surface area contributed by atoms with Crippen molar-refractivity contribution in [3.63, 3.8) is 0 Å². The summed E-state index contributed by atoms with van der Waals surface area (Å²) in [7, 11) is -3.77. The standard InChI is InChI=1S/C19H24N4O4S/c1-3-16-18(13(2)27-22-16)19(24)21-14-8-7-9-15(12-14)28(25,26)23-17-10-5-4-6-11-20-17/h7-9,12H,3-6,10-11H2,1-2H3,(H,20,23)(H,21,24). The first-order chi connectivity index (χ1) is 13.4. The van der Waals surface area contributed by atoms with E-state index < -0.39 is 10.0 Å².